The smallest absolute Gasteiger partial charge is 0.425 e. The molecule has 2 aliphatic rings. The molecular weight excluding hydrogens is 451 g/mol. The number of rotatable bonds is 6. The Labute approximate surface area is 182 Å². The summed E-state index contributed by atoms with van der Waals surface area (Å²) < 4.78 is 73.2. The van der Waals surface area contributed by atoms with Crippen LogP contribution in [0.1, 0.15) is 60.1 Å². The summed E-state index contributed by atoms with van der Waals surface area (Å²) in [5.41, 5.74) is -0.239. The highest BCUT2D eigenvalue weighted by atomic mass is 32.2. The van der Waals surface area contributed by atoms with Crippen LogP contribution in [0.3, 0.4) is 0 Å². The van der Waals surface area contributed by atoms with Gasteiger partial charge in [0.2, 0.25) is 5.89 Å². The van der Waals surface area contributed by atoms with Crippen molar-refractivity contribution in [2.45, 2.75) is 55.2 Å². The van der Waals surface area contributed by atoms with Crippen molar-refractivity contribution in [3.05, 3.63) is 35.5 Å². The number of likely N-dealkylation sites (tertiary alicyclic amines) is 1. The number of halogens is 3. The van der Waals surface area contributed by atoms with Gasteiger partial charge in [-0.15, -0.1) is 0 Å². The largest absolute Gasteiger partial charge is 0.480 e. The van der Waals surface area contributed by atoms with Gasteiger partial charge < -0.3 is 14.2 Å². The first-order chi connectivity index (χ1) is 14.9. The number of ether oxygens (including phenoxy) is 1. The van der Waals surface area contributed by atoms with Crippen molar-refractivity contribution in [2.24, 2.45) is 0 Å². The van der Waals surface area contributed by atoms with Crippen LogP contribution in [0.25, 0.3) is 0 Å². The third-order valence-electron chi connectivity index (χ3n) is 5.60. The molecule has 2 fully saturated rings. The minimum absolute atomic E-state index is 0.174. The Bertz CT molecular complexity index is 1130. The van der Waals surface area contributed by atoms with Gasteiger partial charge in [-0.1, -0.05) is 5.16 Å². The minimum atomic E-state index is -4.65. The van der Waals surface area contributed by atoms with Gasteiger partial charge in [0.25, 0.3) is 5.91 Å². The Hall–Kier alpha value is -2.63. The molecule has 174 valence electrons. The average molecular weight is 473 g/mol. The summed E-state index contributed by atoms with van der Waals surface area (Å²) in [6.07, 6.45) is -3.30. The number of aromatic nitrogens is 2. The summed E-state index contributed by atoms with van der Waals surface area (Å²) in [4.78, 5) is 18.8. The SMILES string of the molecule is CC(Oc1ccc(S(C)(=O)=O)cc1C(=O)N1CCC(c2noc(C3CC3)n2)C1)C(F)(F)F. The van der Waals surface area contributed by atoms with Crippen LogP contribution in [0.4, 0.5) is 13.2 Å². The van der Waals surface area contributed by atoms with Crippen LogP contribution in [0.5, 0.6) is 5.75 Å². The van der Waals surface area contributed by atoms with Crippen LogP contribution in [0.15, 0.2) is 27.6 Å². The highest BCUT2D eigenvalue weighted by Crippen LogP contribution is 2.40. The van der Waals surface area contributed by atoms with Crippen LogP contribution in [-0.2, 0) is 9.84 Å². The van der Waals surface area contributed by atoms with Gasteiger partial charge in [0.05, 0.1) is 10.5 Å². The van der Waals surface area contributed by atoms with E-state index in [-0.39, 0.29) is 28.7 Å². The van der Waals surface area contributed by atoms with Crippen molar-refractivity contribution < 1.29 is 35.6 Å². The molecule has 2 heterocycles. The third kappa shape index (κ3) is 4.74. The van der Waals surface area contributed by atoms with E-state index < -0.39 is 28.0 Å². The van der Waals surface area contributed by atoms with Crippen molar-refractivity contribution in [3.8, 4) is 5.75 Å². The maximum atomic E-state index is 13.2. The summed E-state index contributed by atoms with van der Waals surface area (Å²) in [6, 6.07) is 3.26. The average Bonchev–Trinajstić information content (AvgIpc) is 3.24. The second kappa shape index (κ2) is 8.05. The van der Waals surface area contributed by atoms with E-state index >= 15 is 0 Å². The van der Waals surface area contributed by atoms with Crippen LogP contribution < -0.4 is 4.74 Å². The number of carbonyl (C=O) groups is 1. The molecule has 1 aromatic heterocycles. The van der Waals surface area contributed by atoms with Crippen LogP contribution in [0.2, 0.25) is 0 Å². The lowest BCUT2D eigenvalue weighted by molar-refractivity contribution is -0.189. The molecule has 32 heavy (non-hydrogen) atoms. The lowest BCUT2D eigenvalue weighted by Crippen LogP contribution is -2.33. The molecule has 4 rings (SSSR count). The quantitative estimate of drug-likeness (QED) is 0.634. The zero-order valence-electron chi connectivity index (χ0n) is 17.4. The van der Waals surface area contributed by atoms with E-state index in [4.69, 9.17) is 9.26 Å². The zero-order chi connectivity index (χ0) is 23.3. The van der Waals surface area contributed by atoms with E-state index in [1.165, 1.54) is 4.90 Å². The molecule has 2 atom stereocenters. The Morgan fingerprint density at radius 1 is 1.25 bits per heavy atom. The fourth-order valence-corrected chi connectivity index (χ4v) is 4.15. The van der Waals surface area contributed by atoms with Crippen molar-refractivity contribution in [1.82, 2.24) is 15.0 Å². The minimum Gasteiger partial charge on any atom is -0.480 e. The van der Waals surface area contributed by atoms with Crippen molar-refractivity contribution >= 4 is 15.7 Å². The number of nitrogens with zero attached hydrogens (tertiary/aromatic N) is 3. The molecule has 0 spiro atoms. The van der Waals surface area contributed by atoms with E-state index in [0.29, 0.717) is 30.6 Å². The monoisotopic (exact) mass is 473 g/mol. The Kier molecular flexibility index (Phi) is 5.68. The number of sulfone groups is 1. The molecule has 1 aliphatic heterocycles. The Balaban J connectivity index is 1.58. The lowest BCUT2D eigenvalue weighted by Gasteiger charge is -2.22. The standard InChI is InChI=1S/C20H22F3N3O5S/c1-11(20(21,22)23)30-16-6-5-14(32(2,28)29)9-15(16)19(27)26-8-7-13(10-26)17-24-18(31-25-17)12-3-4-12/h5-6,9,11-13H,3-4,7-8,10H2,1-2H3. The fourth-order valence-electron chi connectivity index (χ4n) is 3.50. The van der Waals surface area contributed by atoms with E-state index in [1.54, 1.807) is 0 Å². The molecule has 0 N–H and O–H groups in total. The fraction of sp³-hybridized carbons (Fsp3) is 0.550. The second-order valence-corrected chi connectivity index (χ2v) is 10.2. The van der Waals surface area contributed by atoms with Gasteiger partial charge in [-0.2, -0.15) is 18.2 Å². The van der Waals surface area contributed by atoms with Crippen molar-refractivity contribution in [1.29, 1.82) is 0 Å². The van der Waals surface area contributed by atoms with E-state index in [2.05, 4.69) is 10.1 Å². The normalized spacial score (nSPS) is 20.4. The van der Waals surface area contributed by atoms with Crippen molar-refractivity contribution in [3.63, 3.8) is 0 Å². The molecule has 1 saturated carbocycles. The van der Waals surface area contributed by atoms with Gasteiger partial charge in [0.15, 0.2) is 21.8 Å². The molecule has 12 heteroatoms. The number of benzene rings is 1. The maximum Gasteiger partial charge on any atom is 0.425 e. The summed E-state index contributed by atoms with van der Waals surface area (Å²) in [5, 5.41) is 4.00. The van der Waals surface area contributed by atoms with Crippen molar-refractivity contribution in [2.75, 3.05) is 19.3 Å². The molecule has 1 saturated heterocycles. The summed E-state index contributed by atoms with van der Waals surface area (Å²) in [6.45, 7) is 1.37. The van der Waals surface area contributed by atoms with E-state index in [1.807, 2.05) is 0 Å². The molecule has 1 aliphatic carbocycles. The van der Waals surface area contributed by atoms with Gasteiger partial charge in [-0.3, -0.25) is 4.79 Å². The van der Waals surface area contributed by atoms with Crippen LogP contribution in [0, 0.1) is 0 Å². The van der Waals surface area contributed by atoms with Gasteiger partial charge >= 0.3 is 6.18 Å². The molecule has 0 radical (unpaired) electrons. The Morgan fingerprint density at radius 3 is 2.59 bits per heavy atom. The van der Waals surface area contributed by atoms with Gasteiger partial charge in [-0.05, 0) is 44.4 Å². The predicted molar refractivity (Wildman–Crippen MR) is 105 cm³/mol. The first kappa shape index (κ1) is 22.6. The van der Waals surface area contributed by atoms with Gasteiger partial charge in [0, 0.05) is 31.2 Å². The molecular formula is C20H22F3N3O5S. The molecule has 2 unspecified atom stereocenters. The zero-order valence-corrected chi connectivity index (χ0v) is 18.2. The number of amides is 1. The van der Waals surface area contributed by atoms with Crippen LogP contribution in [-0.4, -0.2) is 61.0 Å². The molecule has 8 nitrogen and oxygen atoms in total. The van der Waals surface area contributed by atoms with Gasteiger partial charge in [0.1, 0.15) is 5.75 Å². The number of alkyl halides is 3. The molecule has 1 amide bonds. The molecule has 2 aromatic rings. The highest BCUT2D eigenvalue weighted by molar-refractivity contribution is 7.90. The first-order valence-electron chi connectivity index (χ1n) is 10.1. The highest BCUT2D eigenvalue weighted by Gasteiger charge is 2.39. The summed E-state index contributed by atoms with van der Waals surface area (Å²) in [5.74, 6) is 0.257. The molecule has 1 aromatic carbocycles. The van der Waals surface area contributed by atoms with Crippen LogP contribution >= 0.6 is 0 Å². The third-order valence-corrected chi connectivity index (χ3v) is 6.71. The Morgan fingerprint density at radius 2 is 1.97 bits per heavy atom. The number of carbonyl (C=O) groups excluding carboxylic acids is 1. The summed E-state index contributed by atoms with van der Waals surface area (Å²) in [7, 11) is -3.69. The van der Waals surface area contributed by atoms with E-state index in [0.717, 1.165) is 44.2 Å². The second-order valence-electron chi connectivity index (χ2n) is 8.23. The number of hydrogen-bond donors (Lipinski definition) is 0. The predicted octanol–water partition coefficient (Wildman–Crippen LogP) is 3.31. The maximum absolute atomic E-state index is 13.2. The first-order valence-corrected chi connectivity index (χ1v) is 12.0. The lowest BCUT2D eigenvalue weighted by atomic mass is 10.1. The summed E-state index contributed by atoms with van der Waals surface area (Å²) >= 11 is 0. The van der Waals surface area contributed by atoms with Gasteiger partial charge in [-0.25, -0.2) is 8.42 Å². The van der Waals surface area contributed by atoms with E-state index in [9.17, 15) is 26.4 Å². The topological polar surface area (TPSA) is 103 Å². The molecule has 0 bridgehead atoms. The number of hydrogen-bond acceptors (Lipinski definition) is 7.